The largest absolute Gasteiger partial charge is 0.497 e. The monoisotopic (exact) mass is 358 g/mol. The highest BCUT2D eigenvalue weighted by molar-refractivity contribution is 5.74. The number of urea groups is 1. The molecule has 7 nitrogen and oxygen atoms in total. The molecule has 0 spiro atoms. The predicted molar refractivity (Wildman–Crippen MR) is 98.5 cm³/mol. The minimum Gasteiger partial charge on any atom is -0.497 e. The average molecular weight is 358 g/mol. The van der Waals surface area contributed by atoms with Gasteiger partial charge >= 0.3 is 6.03 Å². The lowest BCUT2D eigenvalue weighted by Gasteiger charge is -2.31. The number of methoxy groups -OCH3 is 1. The minimum atomic E-state index is 0.00563. The van der Waals surface area contributed by atoms with Gasteiger partial charge in [-0.2, -0.15) is 0 Å². The van der Waals surface area contributed by atoms with Gasteiger partial charge in [-0.3, -0.25) is 0 Å². The van der Waals surface area contributed by atoms with E-state index in [9.17, 15) is 4.79 Å². The average Bonchev–Trinajstić information content (AvgIpc) is 3.20. The summed E-state index contributed by atoms with van der Waals surface area (Å²) in [6.45, 7) is 2.81. The van der Waals surface area contributed by atoms with Crippen molar-refractivity contribution in [2.24, 2.45) is 5.92 Å². The quantitative estimate of drug-likeness (QED) is 0.797. The Morgan fingerprint density at radius 2 is 2.00 bits per heavy atom. The zero-order chi connectivity index (χ0) is 18.2. The number of aromatic nitrogens is 2. The summed E-state index contributed by atoms with van der Waals surface area (Å²) in [6.07, 6.45) is 6.14. The first-order valence-corrected chi connectivity index (χ1v) is 9.02. The summed E-state index contributed by atoms with van der Waals surface area (Å²) >= 11 is 0. The van der Waals surface area contributed by atoms with Crippen LogP contribution >= 0.6 is 0 Å². The Labute approximate surface area is 153 Å². The molecule has 0 aliphatic carbocycles. The standard InChI is InChI=1S/C19H26N4O3/c1-25-16-2-4-17(5-3-16)26-14-15-7-12-23(13-8-15)19(24)22-9-6-18-20-10-11-21-18/h2-5,10-11,15H,6-9,12-14H2,1H3,(H,20,21)(H,22,24). The van der Waals surface area contributed by atoms with Crippen LogP contribution in [0.1, 0.15) is 18.7 Å². The van der Waals surface area contributed by atoms with Crippen molar-refractivity contribution in [3.63, 3.8) is 0 Å². The molecule has 2 heterocycles. The lowest BCUT2D eigenvalue weighted by Crippen LogP contribution is -2.45. The Hall–Kier alpha value is -2.70. The van der Waals surface area contributed by atoms with Crippen LogP contribution in [-0.4, -0.2) is 54.2 Å². The SMILES string of the molecule is COc1ccc(OCC2CCN(C(=O)NCCc3ncc[nH]3)CC2)cc1. The van der Waals surface area contributed by atoms with Crippen molar-refractivity contribution in [2.45, 2.75) is 19.3 Å². The van der Waals surface area contributed by atoms with Crippen molar-refractivity contribution in [1.82, 2.24) is 20.2 Å². The second kappa shape index (κ2) is 9.12. The second-order valence-electron chi connectivity index (χ2n) is 6.43. The number of benzene rings is 1. The number of ether oxygens (including phenoxy) is 2. The molecule has 1 aromatic carbocycles. The van der Waals surface area contributed by atoms with Crippen LogP contribution < -0.4 is 14.8 Å². The molecule has 2 aromatic rings. The van der Waals surface area contributed by atoms with Crippen LogP contribution in [0.2, 0.25) is 0 Å². The summed E-state index contributed by atoms with van der Waals surface area (Å²) in [7, 11) is 1.65. The molecule has 0 saturated carbocycles. The smallest absolute Gasteiger partial charge is 0.317 e. The normalized spacial score (nSPS) is 14.9. The fourth-order valence-corrected chi connectivity index (χ4v) is 3.02. The lowest BCUT2D eigenvalue weighted by atomic mass is 9.98. The first-order valence-electron chi connectivity index (χ1n) is 9.02. The molecule has 1 aliphatic rings. The van der Waals surface area contributed by atoms with Crippen molar-refractivity contribution in [1.29, 1.82) is 0 Å². The van der Waals surface area contributed by atoms with E-state index in [0.717, 1.165) is 43.3 Å². The predicted octanol–water partition coefficient (Wildman–Crippen LogP) is 2.46. The van der Waals surface area contributed by atoms with Gasteiger partial charge in [0, 0.05) is 38.4 Å². The maximum absolute atomic E-state index is 12.2. The van der Waals surface area contributed by atoms with E-state index in [1.165, 1.54) is 0 Å². The first-order chi connectivity index (χ1) is 12.7. The van der Waals surface area contributed by atoms with Gasteiger partial charge in [-0.25, -0.2) is 9.78 Å². The fraction of sp³-hybridized carbons (Fsp3) is 0.474. The summed E-state index contributed by atoms with van der Waals surface area (Å²) in [6, 6.07) is 7.63. The third kappa shape index (κ3) is 5.15. The van der Waals surface area contributed by atoms with Gasteiger partial charge in [0.25, 0.3) is 0 Å². The maximum atomic E-state index is 12.2. The molecule has 0 radical (unpaired) electrons. The van der Waals surface area contributed by atoms with Gasteiger partial charge in [0.15, 0.2) is 0 Å². The molecule has 0 bridgehead atoms. The molecule has 2 N–H and O–H groups in total. The molecule has 0 atom stereocenters. The van der Waals surface area contributed by atoms with Crippen LogP contribution in [0.15, 0.2) is 36.7 Å². The molecule has 1 aromatic heterocycles. The number of hydrogen-bond acceptors (Lipinski definition) is 4. The van der Waals surface area contributed by atoms with E-state index in [1.807, 2.05) is 29.2 Å². The van der Waals surface area contributed by atoms with Crippen molar-refractivity contribution < 1.29 is 14.3 Å². The fourth-order valence-electron chi connectivity index (χ4n) is 3.02. The van der Waals surface area contributed by atoms with Gasteiger partial charge in [0.05, 0.1) is 13.7 Å². The van der Waals surface area contributed by atoms with Gasteiger partial charge in [-0.1, -0.05) is 0 Å². The number of carbonyl (C=O) groups is 1. The zero-order valence-electron chi connectivity index (χ0n) is 15.1. The van der Waals surface area contributed by atoms with Crippen LogP contribution in [-0.2, 0) is 6.42 Å². The van der Waals surface area contributed by atoms with Gasteiger partial charge in [-0.15, -0.1) is 0 Å². The molecule has 1 aliphatic heterocycles. The number of imidazole rings is 1. The van der Waals surface area contributed by atoms with E-state index in [1.54, 1.807) is 19.5 Å². The molecule has 1 saturated heterocycles. The minimum absolute atomic E-state index is 0.00563. The van der Waals surface area contributed by atoms with Gasteiger partial charge < -0.3 is 24.7 Å². The number of hydrogen-bond donors (Lipinski definition) is 2. The Morgan fingerprint density at radius 3 is 2.65 bits per heavy atom. The van der Waals surface area contributed by atoms with Gasteiger partial charge in [0.1, 0.15) is 17.3 Å². The zero-order valence-corrected chi connectivity index (χ0v) is 15.1. The molecule has 7 heteroatoms. The second-order valence-corrected chi connectivity index (χ2v) is 6.43. The van der Waals surface area contributed by atoms with E-state index in [2.05, 4.69) is 15.3 Å². The van der Waals surface area contributed by atoms with Crippen molar-refractivity contribution in [2.75, 3.05) is 33.4 Å². The van der Waals surface area contributed by atoms with Crippen LogP contribution in [0.5, 0.6) is 11.5 Å². The number of H-pyrrole nitrogens is 1. The van der Waals surface area contributed by atoms with E-state index in [0.29, 0.717) is 25.5 Å². The summed E-state index contributed by atoms with van der Waals surface area (Å²) < 4.78 is 11.0. The van der Waals surface area contributed by atoms with E-state index in [4.69, 9.17) is 9.47 Å². The third-order valence-corrected chi connectivity index (χ3v) is 4.64. The van der Waals surface area contributed by atoms with Gasteiger partial charge in [-0.05, 0) is 43.0 Å². The highest BCUT2D eigenvalue weighted by atomic mass is 16.5. The van der Waals surface area contributed by atoms with Crippen LogP contribution in [0.4, 0.5) is 4.79 Å². The Bertz CT molecular complexity index is 665. The number of amides is 2. The number of nitrogens with one attached hydrogen (secondary N) is 2. The Kier molecular flexibility index (Phi) is 6.35. The number of rotatable bonds is 7. The number of likely N-dealkylation sites (tertiary alicyclic amines) is 1. The summed E-state index contributed by atoms with van der Waals surface area (Å²) in [5.74, 6) is 3.04. The molecule has 1 fully saturated rings. The third-order valence-electron chi connectivity index (χ3n) is 4.64. The Morgan fingerprint density at radius 1 is 1.27 bits per heavy atom. The molecular formula is C19H26N4O3. The first kappa shape index (κ1) is 18.1. The Balaban J connectivity index is 1.33. The van der Waals surface area contributed by atoms with E-state index in [-0.39, 0.29) is 6.03 Å². The van der Waals surface area contributed by atoms with Crippen molar-refractivity contribution >= 4 is 6.03 Å². The number of nitrogens with zero attached hydrogens (tertiary/aromatic N) is 2. The maximum Gasteiger partial charge on any atom is 0.317 e. The van der Waals surface area contributed by atoms with Crippen molar-refractivity contribution in [3.05, 3.63) is 42.5 Å². The van der Waals surface area contributed by atoms with Gasteiger partial charge in [0.2, 0.25) is 0 Å². The number of carbonyl (C=O) groups excluding carboxylic acids is 1. The molecule has 140 valence electrons. The van der Waals surface area contributed by atoms with Crippen LogP contribution in [0.25, 0.3) is 0 Å². The van der Waals surface area contributed by atoms with E-state index < -0.39 is 0 Å². The van der Waals surface area contributed by atoms with Crippen LogP contribution in [0.3, 0.4) is 0 Å². The summed E-state index contributed by atoms with van der Waals surface area (Å²) in [5.41, 5.74) is 0. The highest BCUT2D eigenvalue weighted by Gasteiger charge is 2.23. The molecule has 0 unspecified atom stereocenters. The van der Waals surface area contributed by atoms with E-state index >= 15 is 0 Å². The van der Waals surface area contributed by atoms with Crippen molar-refractivity contribution in [3.8, 4) is 11.5 Å². The molecule has 3 rings (SSSR count). The summed E-state index contributed by atoms with van der Waals surface area (Å²) in [4.78, 5) is 21.3. The number of aromatic amines is 1. The topological polar surface area (TPSA) is 79.5 Å². The highest BCUT2D eigenvalue weighted by Crippen LogP contribution is 2.21. The number of piperidine rings is 1. The van der Waals surface area contributed by atoms with Crippen LogP contribution in [0, 0.1) is 5.92 Å². The lowest BCUT2D eigenvalue weighted by molar-refractivity contribution is 0.145. The summed E-state index contributed by atoms with van der Waals surface area (Å²) in [5, 5.41) is 2.96. The molecule has 2 amide bonds. The molecule has 26 heavy (non-hydrogen) atoms. The molecular weight excluding hydrogens is 332 g/mol.